The van der Waals surface area contributed by atoms with Crippen molar-refractivity contribution in [3.63, 3.8) is 0 Å². The number of nitrogens with zero attached hydrogens (tertiary/aromatic N) is 4. The van der Waals surface area contributed by atoms with E-state index >= 15 is 0 Å². The number of carbonyl (C=O) groups excluding carboxylic acids is 1. The molecular formula is C14H16N4OS. The van der Waals surface area contributed by atoms with Gasteiger partial charge in [-0.1, -0.05) is 43.0 Å². The fourth-order valence-electron chi connectivity index (χ4n) is 1.97. The van der Waals surface area contributed by atoms with Crippen LogP contribution in [0.1, 0.15) is 41.7 Å². The molecule has 0 amide bonds. The standard InChI is InChI=1S/C14H16N4OS/c1-2-10-3-5-11(6-4-10)13(19)9-20-14-15-16-17-18(14)12-7-8-12/h3-6,12H,2,7-9H2,1H3. The van der Waals surface area contributed by atoms with Crippen molar-refractivity contribution in [1.82, 2.24) is 20.2 Å². The molecule has 2 aromatic rings. The predicted molar refractivity (Wildman–Crippen MR) is 77.0 cm³/mol. The number of hydrogen-bond acceptors (Lipinski definition) is 5. The number of Topliss-reactive ketones (excluding diaryl/α,β-unsaturated/α-hetero) is 1. The zero-order chi connectivity index (χ0) is 13.9. The van der Waals surface area contributed by atoms with Crippen LogP contribution in [0, 0.1) is 0 Å². The van der Waals surface area contributed by atoms with Crippen LogP contribution in [-0.4, -0.2) is 31.7 Å². The number of ketones is 1. The van der Waals surface area contributed by atoms with Crippen LogP contribution >= 0.6 is 11.8 Å². The Morgan fingerprint density at radius 2 is 2.10 bits per heavy atom. The Kier molecular flexibility index (Phi) is 3.82. The fraction of sp³-hybridized carbons (Fsp3) is 0.429. The summed E-state index contributed by atoms with van der Waals surface area (Å²) >= 11 is 1.41. The third-order valence-electron chi connectivity index (χ3n) is 3.37. The maximum absolute atomic E-state index is 12.1. The van der Waals surface area contributed by atoms with Gasteiger partial charge in [0, 0.05) is 5.56 Å². The molecule has 1 aromatic carbocycles. The van der Waals surface area contributed by atoms with Crippen LogP contribution in [0.15, 0.2) is 29.4 Å². The van der Waals surface area contributed by atoms with Crippen molar-refractivity contribution in [2.24, 2.45) is 0 Å². The van der Waals surface area contributed by atoms with Gasteiger partial charge >= 0.3 is 0 Å². The molecule has 1 heterocycles. The molecule has 5 nitrogen and oxygen atoms in total. The second kappa shape index (κ2) is 5.75. The van der Waals surface area contributed by atoms with Crippen molar-refractivity contribution in [3.8, 4) is 0 Å². The third-order valence-corrected chi connectivity index (χ3v) is 4.31. The van der Waals surface area contributed by atoms with E-state index in [-0.39, 0.29) is 5.78 Å². The topological polar surface area (TPSA) is 60.7 Å². The second-order valence-corrected chi connectivity index (χ2v) is 5.84. The first-order valence-corrected chi connectivity index (χ1v) is 7.79. The van der Waals surface area contributed by atoms with Gasteiger partial charge in [-0.15, -0.1) is 5.10 Å². The van der Waals surface area contributed by atoms with E-state index in [0.29, 0.717) is 11.8 Å². The van der Waals surface area contributed by atoms with Gasteiger partial charge in [0.15, 0.2) is 5.78 Å². The molecule has 0 unspecified atom stereocenters. The van der Waals surface area contributed by atoms with Crippen LogP contribution in [0.25, 0.3) is 0 Å². The van der Waals surface area contributed by atoms with Gasteiger partial charge < -0.3 is 0 Å². The van der Waals surface area contributed by atoms with Crippen LogP contribution in [0.2, 0.25) is 0 Å². The van der Waals surface area contributed by atoms with Crippen LogP contribution in [0.4, 0.5) is 0 Å². The highest BCUT2D eigenvalue weighted by atomic mass is 32.2. The average molecular weight is 288 g/mol. The van der Waals surface area contributed by atoms with E-state index in [1.807, 2.05) is 28.9 Å². The minimum atomic E-state index is 0.114. The lowest BCUT2D eigenvalue weighted by molar-refractivity contribution is 0.102. The van der Waals surface area contributed by atoms with E-state index in [2.05, 4.69) is 22.4 Å². The molecule has 0 atom stereocenters. The number of aromatic nitrogens is 4. The summed E-state index contributed by atoms with van der Waals surface area (Å²) in [7, 11) is 0. The maximum atomic E-state index is 12.1. The Hall–Kier alpha value is -1.69. The van der Waals surface area contributed by atoms with Gasteiger partial charge in [0.1, 0.15) is 0 Å². The third kappa shape index (κ3) is 2.90. The molecule has 104 valence electrons. The van der Waals surface area contributed by atoms with Gasteiger partial charge in [-0.3, -0.25) is 4.79 Å². The van der Waals surface area contributed by atoms with Gasteiger partial charge in [-0.25, -0.2) is 4.68 Å². The summed E-state index contributed by atoms with van der Waals surface area (Å²) in [6, 6.07) is 8.24. The van der Waals surface area contributed by atoms with E-state index in [4.69, 9.17) is 0 Å². The Labute approximate surface area is 121 Å². The van der Waals surface area contributed by atoms with E-state index in [9.17, 15) is 4.79 Å². The lowest BCUT2D eigenvalue weighted by Crippen LogP contribution is -2.05. The molecule has 6 heteroatoms. The van der Waals surface area contributed by atoms with Crippen molar-refractivity contribution in [2.75, 3.05) is 5.75 Å². The first-order valence-electron chi connectivity index (χ1n) is 6.80. The molecule has 0 aliphatic heterocycles. The number of benzene rings is 1. The molecule has 1 aliphatic rings. The molecule has 1 fully saturated rings. The van der Waals surface area contributed by atoms with Gasteiger partial charge in [0.05, 0.1) is 11.8 Å². The number of carbonyl (C=O) groups is 1. The first-order chi connectivity index (χ1) is 9.78. The zero-order valence-corrected chi connectivity index (χ0v) is 12.1. The maximum Gasteiger partial charge on any atom is 0.210 e. The van der Waals surface area contributed by atoms with Crippen molar-refractivity contribution < 1.29 is 4.79 Å². The minimum absolute atomic E-state index is 0.114. The van der Waals surface area contributed by atoms with Gasteiger partial charge in [0.25, 0.3) is 0 Å². The van der Waals surface area contributed by atoms with E-state index in [1.54, 1.807) is 0 Å². The lowest BCUT2D eigenvalue weighted by atomic mass is 10.1. The second-order valence-electron chi connectivity index (χ2n) is 4.90. The zero-order valence-electron chi connectivity index (χ0n) is 11.3. The SMILES string of the molecule is CCc1ccc(C(=O)CSc2nnnn2C2CC2)cc1. The average Bonchev–Trinajstić information content (AvgIpc) is 3.23. The Bertz CT molecular complexity index is 604. The van der Waals surface area contributed by atoms with Crippen molar-refractivity contribution in [1.29, 1.82) is 0 Å². The summed E-state index contributed by atoms with van der Waals surface area (Å²) in [6.07, 6.45) is 3.25. The largest absolute Gasteiger partial charge is 0.293 e. The van der Waals surface area contributed by atoms with E-state index in [1.165, 1.54) is 17.3 Å². The number of tetrazole rings is 1. The van der Waals surface area contributed by atoms with Crippen molar-refractivity contribution >= 4 is 17.5 Å². The van der Waals surface area contributed by atoms with E-state index < -0.39 is 0 Å². The number of thioether (sulfide) groups is 1. The molecule has 1 aliphatic carbocycles. The summed E-state index contributed by atoms with van der Waals surface area (Å²) in [6.45, 7) is 2.10. The monoisotopic (exact) mass is 288 g/mol. The lowest BCUT2D eigenvalue weighted by Gasteiger charge is -2.03. The Morgan fingerprint density at radius 1 is 1.35 bits per heavy atom. The highest BCUT2D eigenvalue weighted by molar-refractivity contribution is 7.99. The summed E-state index contributed by atoms with van der Waals surface area (Å²) in [5, 5.41) is 12.4. The Morgan fingerprint density at radius 3 is 2.75 bits per heavy atom. The molecule has 0 radical (unpaired) electrons. The molecule has 20 heavy (non-hydrogen) atoms. The van der Waals surface area contributed by atoms with Gasteiger partial charge in [0.2, 0.25) is 5.16 Å². The van der Waals surface area contributed by atoms with E-state index in [0.717, 1.165) is 30.0 Å². The quantitative estimate of drug-likeness (QED) is 0.604. The van der Waals surface area contributed by atoms with Gasteiger partial charge in [-0.05, 0) is 35.3 Å². The molecule has 1 saturated carbocycles. The predicted octanol–water partition coefficient (Wildman–Crippen LogP) is 2.55. The molecule has 0 spiro atoms. The first kappa shape index (κ1) is 13.3. The number of aryl methyl sites for hydroxylation is 1. The number of hydrogen-bond donors (Lipinski definition) is 0. The van der Waals surface area contributed by atoms with Crippen molar-refractivity contribution in [3.05, 3.63) is 35.4 Å². The minimum Gasteiger partial charge on any atom is -0.293 e. The summed E-state index contributed by atoms with van der Waals surface area (Å²) < 4.78 is 1.83. The highest BCUT2D eigenvalue weighted by Crippen LogP contribution is 2.36. The normalized spacial score (nSPS) is 14.4. The molecule has 0 bridgehead atoms. The molecule has 3 rings (SSSR count). The summed E-state index contributed by atoms with van der Waals surface area (Å²) in [4.78, 5) is 12.1. The number of rotatable bonds is 6. The molecule has 1 aromatic heterocycles. The van der Waals surface area contributed by atoms with Crippen molar-refractivity contribution in [2.45, 2.75) is 37.4 Å². The highest BCUT2D eigenvalue weighted by Gasteiger charge is 2.28. The summed E-state index contributed by atoms with van der Waals surface area (Å²) in [5.74, 6) is 0.487. The van der Waals surface area contributed by atoms with Crippen LogP contribution in [0.5, 0.6) is 0 Å². The molecular weight excluding hydrogens is 272 g/mol. The van der Waals surface area contributed by atoms with Crippen LogP contribution in [-0.2, 0) is 6.42 Å². The smallest absolute Gasteiger partial charge is 0.210 e. The van der Waals surface area contributed by atoms with Gasteiger partial charge in [-0.2, -0.15) is 0 Å². The molecule has 0 saturated heterocycles. The fourth-order valence-corrected chi connectivity index (χ4v) is 2.81. The summed E-state index contributed by atoms with van der Waals surface area (Å²) in [5.41, 5.74) is 1.99. The molecule has 0 N–H and O–H groups in total. The Balaban J connectivity index is 1.62. The van der Waals surface area contributed by atoms with Crippen LogP contribution < -0.4 is 0 Å². The van der Waals surface area contributed by atoms with Crippen LogP contribution in [0.3, 0.4) is 0 Å².